The Labute approximate surface area is 245 Å². The Bertz CT molecular complexity index is 1600. The number of ether oxygens (including phenoxy) is 1. The molecule has 0 radical (unpaired) electrons. The fourth-order valence-electron chi connectivity index (χ4n) is 4.51. The number of benzene rings is 1. The standard InChI is InChI=1S/C29H31F2N7O3S/c1-29(2,3)41-28(40)33-19-11-13-38(14-12-19)26(39)17-5-9-23(32-16-17)35-27-34-21-7-10-24(36-25(21)42-27)37(4)22-8-6-18(30)15-20(22)31/h5-10,15-16,19H,11-14H2,1-4H3,(H,33,40)(H,32,34,35). The molecule has 220 valence electrons. The number of fused-ring (bicyclic) bond motifs is 1. The summed E-state index contributed by atoms with van der Waals surface area (Å²) < 4.78 is 32.9. The van der Waals surface area contributed by atoms with E-state index in [4.69, 9.17) is 4.74 Å². The van der Waals surface area contributed by atoms with Crippen molar-refractivity contribution in [2.75, 3.05) is 30.4 Å². The molecular weight excluding hydrogens is 564 g/mol. The van der Waals surface area contributed by atoms with Gasteiger partial charge in [0.2, 0.25) is 0 Å². The molecule has 42 heavy (non-hydrogen) atoms. The number of carbonyl (C=O) groups excluding carboxylic acids is 2. The summed E-state index contributed by atoms with van der Waals surface area (Å²) in [5.41, 5.74) is 0.751. The largest absolute Gasteiger partial charge is 0.444 e. The van der Waals surface area contributed by atoms with Gasteiger partial charge in [0.15, 0.2) is 5.13 Å². The number of anilines is 4. The van der Waals surface area contributed by atoms with Gasteiger partial charge in [0.05, 0.1) is 11.3 Å². The number of halogens is 2. The Hall–Kier alpha value is -4.39. The van der Waals surface area contributed by atoms with Gasteiger partial charge in [-0.2, -0.15) is 0 Å². The number of thiazole rings is 1. The van der Waals surface area contributed by atoms with Gasteiger partial charge >= 0.3 is 6.09 Å². The van der Waals surface area contributed by atoms with Crippen molar-refractivity contribution < 1.29 is 23.1 Å². The summed E-state index contributed by atoms with van der Waals surface area (Å²) in [5, 5.41) is 6.57. The SMILES string of the molecule is CN(c1ccc2nc(Nc3ccc(C(=O)N4CCC(NC(=O)OC(C)(C)C)CC4)cn3)sc2n1)c1ccc(F)cc1F. The predicted molar refractivity (Wildman–Crippen MR) is 158 cm³/mol. The first kappa shape index (κ1) is 29.1. The van der Waals surface area contributed by atoms with E-state index in [2.05, 4.69) is 25.6 Å². The van der Waals surface area contributed by atoms with Crippen molar-refractivity contribution in [3.05, 3.63) is 65.9 Å². The van der Waals surface area contributed by atoms with Crippen LogP contribution in [-0.4, -0.2) is 63.6 Å². The minimum atomic E-state index is -0.682. The predicted octanol–water partition coefficient (Wildman–Crippen LogP) is 6.01. The van der Waals surface area contributed by atoms with Gasteiger partial charge in [0, 0.05) is 38.4 Å². The average Bonchev–Trinajstić information content (AvgIpc) is 3.33. The first-order valence-corrected chi connectivity index (χ1v) is 14.2. The Morgan fingerprint density at radius 3 is 2.50 bits per heavy atom. The van der Waals surface area contributed by atoms with Crippen LogP contribution in [0.5, 0.6) is 0 Å². The molecule has 0 saturated carbocycles. The Balaban J connectivity index is 1.18. The number of rotatable bonds is 6. The fraction of sp³-hybridized carbons (Fsp3) is 0.345. The normalized spacial score (nSPS) is 14.1. The van der Waals surface area contributed by atoms with Crippen LogP contribution in [-0.2, 0) is 4.74 Å². The second-order valence-corrected chi connectivity index (χ2v) is 11.9. The first-order chi connectivity index (χ1) is 19.9. The molecule has 1 aliphatic rings. The monoisotopic (exact) mass is 595 g/mol. The maximum absolute atomic E-state index is 14.3. The number of hydrogen-bond donors (Lipinski definition) is 2. The number of alkyl carbamates (subject to hydrolysis) is 1. The number of likely N-dealkylation sites (tertiary alicyclic amines) is 1. The topological polar surface area (TPSA) is 113 Å². The number of nitrogens with one attached hydrogen (secondary N) is 2. The second kappa shape index (κ2) is 11.8. The molecule has 1 fully saturated rings. The average molecular weight is 596 g/mol. The van der Waals surface area contributed by atoms with Crippen LogP contribution in [0.15, 0.2) is 48.7 Å². The van der Waals surface area contributed by atoms with E-state index in [9.17, 15) is 18.4 Å². The third-order valence-electron chi connectivity index (χ3n) is 6.60. The molecule has 1 aromatic carbocycles. The number of piperidine rings is 1. The Morgan fingerprint density at radius 2 is 1.83 bits per heavy atom. The highest BCUT2D eigenvalue weighted by atomic mass is 32.1. The minimum absolute atomic E-state index is 0.0440. The molecule has 10 nitrogen and oxygen atoms in total. The third-order valence-corrected chi connectivity index (χ3v) is 7.48. The van der Waals surface area contributed by atoms with Gasteiger partial charge in [-0.05, 0) is 70.0 Å². The van der Waals surface area contributed by atoms with E-state index >= 15 is 0 Å². The molecule has 1 saturated heterocycles. The van der Waals surface area contributed by atoms with Crippen LogP contribution in [0.1, 0.15) is 44.0 Å². The van der Waals surface area contributed by atoms with E-state index in [1.165, 1.54) is 29.7 Å². The summed E-state index contributed by atoms with van der Waals surface area (Å²) in [6, 6.07) is 10.3. The Morgan fingerprint density at radius 1 is 1.07 bits per heavy atom. The number of hydrogen-bond acceptors (Lipinski definition) is 9. The van der Waals surface area contributed by atoms with E-state index in [0.717, 1.165) is 6.07 Å². The van der Waals surface area contributed by atoms with Crippen molar-refractivity contribution in [1.82, 2.24) is 25.2 Å². The van der Waals surface area contributed by atoms with E-state index in [1.54, 1.807) is 41.1 Å². The van der Waals surface area contributed by atoms with Gasteiger partial charge in [0.25, 0.3) is 5.91 Å². The van der Waals surface area contributed by atoms with Gasteiger partial charge in [-0.1, -0.05) is 11.3 Å². The quantitative estimate of drug-likeness (QED) is 0.279. The summed E-state index contributed by atoms with van der Waals surface area (Å²) in [5.74, 6) is -0.459. The summed E-state index contributed by atoms with van der Waals surface area (Å²) in [6.45, 7) is 6.48. The highest BCUT2D eigenvalue weighted by Crippen LogP contribution is 2.31. The molecular formula is C29H31F2N7O3S. The summed E-state index contributed by atoms with van der Waals surface area (Å²) in [6.07, 6.45) is 2.35. The van der Waals surface area contributed by atoms with Crippen LogP contribution in [0.2, 0.25) is 0 Å². The zero-order chi connectivity index (χ0) is 30.0. The third kappa shape index (κ3) is 6.90. The molecule has 0 aliphatic carbocycles. The molecule has 0 spiro atoms. The maximum Gasteiger partial charge on any atom is 0.407 e. The number of aromatic nitrogens is 3. The molecule has 0 bridgehead atoms. The van der Waals surface area contributed by atoms with Gasteiger partial charge in [-0.3, -0.25) is 4.79 Å². The van der Waals surface area contributed by atoms with Crippen molar-refractivity contribution in [1.29, 1.82) is 0 Å². The molecule has 3 aromatic heterocycles. The van der Waals surface area contributed by atoms with Crippen molar-refractivity contribution in [2.45, 2.75) is 45.3 Å². The number of amides is 2. The van der Waals surface area contributed by atoms with Gasteiger partial charge in [0.1, 0.15) is 39.2 Å². The zero-order valence-corrected chi connectivity index (χ0v) is 24.5. The van der Waals surface area contributed by atoms with Crippen LogP contribution in [0.25, 0.3) is 10.3 Å². The first-order valence-electron chi connectivity index (χ1n) is 13.4. The van der Waals surface area contributed by atoms with Crippen molar-refractivity contribution in [2.24, 2.45) is 0 Å². The minimum Gasteiger partial charge on any atom is -0.444 e. The van der Waals surface area contributed by atoms with Crippen LogP contribution in [0.3, 0.4) is 0 Å². The zero-order valence-electron chi connectivity index (χ0n) is 23.6. The second-order valence-electron chi connectivity index (χ2n) is 10.9. The summed E-state index contributed by atoms with van der Waals surface area (Å²) in [4.78, 5) is 42.5. The highest BCUT2D eigenvalue weighted by molar-refractivity contribution is 7.21. The molecule has 1 aliphatic heterocycles. The van der Waals surface area contributed by atoms with Crippen LogP contribution < -0.4 is 15.5 Å². The summed E-state index contributed by atoms with van der Waals surface area (Å²) in [7, 11) is 1.65. The van der Waals surface area contributed by atoms with E-state index in [1.807, 2.05) is 20.8 Å². The Kier molecular flexibility index (Phi) is 8.21. The van der Waals surface area contributed by atoms with Crippen molar-refractivity contribution in [3.63, 3.8) is 0 Å². The van der Waals surface area contributed by atoms with E-state index < -0.39 is 23.3 Å². The molecule has 2 N–H and O–H groups in total. The van der Waals surface area contributed by atoms with Crippen LogP contribution in [0.4, 0.5) is 36.0 Å². The maximum atomic E-state index is 14.3. The molecule has 0 atom stereocenters. The van der Waals surface area contributed by atoms with E-state index in [0.29, 0.717) is 58.6 Å². The number of nitrogens with zero attached hydrogens (tertiary/aromatic N) is 5. The van der Waals surface area contributed by atoms with Gasteiger partial charge < -0.3 is 25.2 Å². The lowest BCUT2D eigenvalue weighted by atomic mass is 10.0. The van der Waals surface area contributed by atoms with Crippen LogP contribution >= 0.6 is 11.3 Å². The molecule has 2 amide bonds. The van der Waals surface area contributed by atoms with Gasteiger partial charge in [-0.25, -0.2) is 28.5 Å². The molecule has 5 rings (SSSR count). The van der Waals surface area contributed by atoms with Crippen molar-refractivity contribution >= 4 is 56.1 Å². The molecule has 0 unspecified atom stereocenters. The lowest BCUT2D eigenvalue weighted by molar-refractivity contribution is 0.0473. The molecule has 4 heterocycles. The number of carbonyl (C=O) groups is 2. The van der Waals surface area contributed by atoms with Crippen molar-refractivity contribution in [3.8, 4) is 0 Å². The summed E-state index contributed by atoms with van der Waals surface area (Å²) >= 11 is 1.30. The highest BCUT2D eigenvalue weighted by Gasteiger charge is 2.26. The van der Waals surface area contributed by atoms with E-state index in [-0.39, 0.29) is 17.6 Å². The lowest BCUT2D eigenvalue weighted by Gasteiger charge is -2.32. The molecule has 4 aromatic rings. The lowest BCUT2D eigenvalue weighted by Crippen LogP contribution is -2.47. The molecule has 13 heteroatoms. The fourth-order valence-corrected chi connectivity index (χ4v) is 5.35. The van der Waals surface area contributed by atoms with Gasteiger partial charge in [-0.15, -0.1) is 0 Å². The smallest absolute Gasteiger partial charge is 0.407 e. The van der Waals surface area contributed by atoms with Crippen LogP contribution in [0, 0.1) is 11.6 Å². The number of pyridine rings is 2.